The summed E-state index contributed by atoms with van der Waals surface area (Å²) in [6, 6.07) is 7.04. The quantitative estimate of drug-likeness (QED) is 0.612. The van der Waals surface area contributed by atoms with Gasteiger partial charge in [-0.3, -0.25) is 9.52 Å². The Morgan fingerprint density at radius 3 is 2.66 bits per heavy atom. The van der Waals surface area contributed by atoms with Gasteiger partial charge in [-0.25, -0.2) is 8.42 Å². The first-order chi connectivity index (χ1) is 16.5. The summed E-state index contributed by atoms with van der Waals surface area (Å²) in [5.41, 5.74) is 2.22. The normalized spacial score (nSPS) is 19.9. The van der Waals surface area contributed by atoms with Gasteiger partial charge in [0.2, 0.25) is 10.0 Å². The maximum Gasteiger partial charge on any atom is 0.274 e. The number of hydrogen-bond acceptors (Lipinski definition) is 5. The van der Waals surface area contributed by atoms with Crippen LogP contribution >= 0.6 is 0 Å². The molecule has 1 spiro atoms. The van der Waals surface area contributed by atoms with Crippen LogP contribution in [0.2, 0.25) is 0 Å². The topological polar surface area (TPSA) is 96.4 Å². The summed E-state index contributed by atoms with van der Waals surface area (Å²) < 4.78 is 56.9. The van der Waals surface area contributed by atoms with Gasteiger partial charge in [-0.1, -0.05) is 0 Å². The van der Waals surface area contributed by atoms with Crippen molar-refractivity contribution in [2.75, 3.05) is 41.7 Å². The first kappa shape index (κ1) is 17.7. The van der Waals surface area contributed by atoms with E-state index in [1.165, 1.54) is 6.20 Å². The van der Waals surface area contributed by atoms with Crippen LogP contribution in [-0.2, 0) is 21.7 Å². The van der Waals surface area contributed by atoms with Gasteiger partial charge in [-0.05, 0) is 44.0 Å². The summed E-state index contributed by atoms with van der Waals surface area (Å²) in [5.74, 6) is -0.0770. The molecule has 170 valence electrons. The van der Waals surface area contributed by atoms with E-state index in [4.69, 9.17) is 8.85 Å². The second-order valence-corrected chi connectivity index (χ2v) is 10.7. The average molecular weight is 460 g/mol. The molecule has 2 saturated heterocycles. The van der Waals surface area contributed by atoms with Crippen LogP contribution < -0.4 is 15.2 Å². The number of aromatic nitrogens is 2. The molecule has 4 heterocycles. The number of nitrogens with one attached hydrogen (secondary N) is 2. The molecule has 3 aromatic rings. The van der Waals surface area contributed by atoms with Gasteiger partial charge in [-0.2, -0.15) is 0 Å². The summed E-state index contributed by atoms with van der Waals surface area (Å²) >= 11 is 0. The lowest BCUT2D eigenvalue weighted by Gasteiger charge is -2.48. The number of anilines is 2. The summed E-state index contributed by atoms with van der Waals surface area (Å²) in [6.07, 6.45) is 4.91. The molecular weight excluding hydrogens is 428 g/mol. The van der Waals surface area contributed by atoms with Crippen LogP contribution in [0.4, 0.5) is 11.4 Å². The van der Waals surface area contributed by atoms with Crippen molar-refractivity contribution in [3.05, 3.63) is 47.0 Å². The summed E-state index contributed by atoms with van der Waals surface area (Å²) in [7, 11) is -3.52. The molecule has 1 aromatic carbocycles. The molecule has 9 heteroatoms. The number of pyridine rings is 1. The number of hydrogen-bond donors (Lipinski definition) is 2. The van der Waals surface area contributed by atoms with Crippen molar-refractivity contribution in [1.29, 1.82) is 0 Å². The molecule has 0 atom stereocenters. The summed E-state index contributed by atoms with van der Waals surface area (Å²) in [5, 5.41) is 0.577. The number of benzene rings is 1. The van der Waals surface area contributed by atoms with Crippen LogP contribution in [-0.4, -0.2) is 50.0 Å². The van der Waals surface area contributed by atoms with Crippen molar-refractivity contribution in [1.82, 2.24) is 9.55 Å². The van der Waals surface area contributed by atoms with Crippen molar-refractivity contribution in [3.63, 3.8) is 0 Å². The van der Waals surface area contributed by atoms with E-state index in [2.05, 4.69) is 14.6 Å². The Morgan fingerprint density at radius 1 is 1.22 bits per heavy atom. The van der Waals surface area contributed by atoms with Gasteiger partial charge in [0.05, 0.1) is 19.0 Å². The lowest BCUT2D eigenvalue weighted by atomic mass is 9.76. The van der Waals surface area contributed by atoms with E-state index in [1.54, 1.807) is 31.3 Å². The van der Waals surface area contributed by atoms with E-state index in [9.17, 15) is 13.2 Å². The molecule has 2 aliphatic heterocycles. The van der Waals surface area contributed by atoms with Gasteiger partial charge >= 0.3 is 0 Å². The molecule has 0 unspecified atom stereocenters. The number of piperidine rings is 1. The first-order valence-corrected chi connectivity index (χ1v) is 12.4. The number of nitrogens with zero attached hydrogens (tertiary/aromatic N) is 2. The predicted molar refractivity (Wildman–Crippen MR) is 127 cm³/mol. The van der Waals surface area contributed by atoms with Crippen molar-refractivity contribution < 1.29 is 17.3 Å². The second kappa shape index (κ2) is 7.67. The highest BCUT2D eigenvalue weighted by Gasteiger charge is 2.41. The Bertz CT molecular complexity index is 1430. The van der Waals surface area contributed by atoms with E-state index in [-0.39, 0.29) is 16.7 Å². The molecular formula is C23H28N4O4S. The molecule has 0 aliphatic carbocycles. The molecule has 32 heavy (non-hydrogen) atoms. The number of rotatable bonds is 5. The molecule has 0 bridgehead atoms. The Hall–Kier alpha value is -2.78. The number of fused-ring (bicyclic) bond motifs is 1. The number of sulfonamides is 1. The van der Waals surface area contributed by atoms with Crippen LogP contribution in [0, 0.1) is 5.41 Å². The van der Waals surface area contributed by atoms with Gasteiger partial charge < -0.3 is 19.2 Å². The third-order valence-electron chi connectivity index (χ3n) is 6.65. The molecule has 2 N–H and O–H groups in total. The lowest BCUT2D eigenvalue weighted by Crippen LogP contribution is -2.51. The molecule has 5 rings (SSSR count). The zero-order valence-electron chi connectivity index (χ0n) is 20.8. The third-order valence-corrected chi connectivity index (χ3v) is 7.96. The van der Waals surface area contributed by atoms with Crippen LogP contribution in [0.1, 0.15) is 23.9 Å². The molecule has 0 amide bonds. The van der Waals surface area contributed by atoms with Crippen LogP contribution in [0.15, 0.2) is 41.5 Å². The SMILES string of the molecule is [2H]C([2H])([2H])n1cc(-c2cc(NS(=O)(=O)CC)ccc2N2CCC3(CC2)COC3)c2cc[nH]c2c1=O. The van der Waals surface area contributed by atoms with Crippen molar-refractivity contribution >= 4 is 32.3 Å². The minimum absolute atomic E-state index is 0.0770. The third kappa shape index (κ3) is 3.59. The van der Waals surface area contributed by atoms with Gasteiger partial charge in [0.15, 0.2) is 0 Å². The van der Waals surface area contributed by atoms with Crippen LogP contribution in [0.25, 0.3) is 22.0 Å². The molecule has 2 fully saturated rings. The highest BCUT2D eigenvalue weighted by atomic mass is 32.2. The lowest BCUT2D eigenvalue weighted by molar-refractivity contribution is -0.124. The Morgan fingerprint density at radius 2 is 2.00 bits per heavy atom. The first-order valence-electron chi connectivity index (χ1n) is 12.2. The molecule has 0 saturated carbocycles. The Balaban J connectivity index is 1.67. The summed E-state index contributed by atoms with van der Waals surface area (Å²) in [6.45, 7) is 2.03. The van der Waals surface area contributed by atoms with Crippen LogP contribution in [0.5, 0.6) is 0 Å². The molecule has 2 aliphatic rings. The maximum absolute atomic E-state index is 12.9. The zero-order chi connectivity index (χ0) is 25.0. The van der Waals surface area contributed by atoms with E-state index >= 15 is 0 Å². The van der Waals surface area contributed by atoms with Gasteiger partial charge in [0.25, 0.3) is 5.56 Å². The Labute approximate surface area is 191 Å². The van der Waals surface area contributed by atoms with E-state index in [0.29, 0.717) is 22.2 Å². The van der Waals surface area contributed by atoms with Crippen molar-refractivity contribution in [3.8, 4) is 11.1 Å². The number of ether oxygens (including phenoxy) is 1. The molecule has 2 aromatic heterocycles. The fraction of sp³-hybridized carbons (Fsp3) is 0.435. The minimum atomic E-state index is -3.52. The monoisotopic (exact) mass is 459 g/mol. The number of H-pyrrole nitrogens is 1. The average Bonchev–Trinajstić information content (AvgIpc) is 3.28. The van der Waals surface area contributed by atoms with E-state index in [1.807, 2.05) is 6.07 Å². The Kier molecular flexibility index (Phi) is 4.25. The molecule has 0 radical (unpaired) electrons. The second-order valence-electron chi connectivity index (χ2n) is 8.70. The zero-order valence-corrected chi connectivity index (χ0v) is 18.7. The predicted octanol–water partition coefficient (Wildman–Crippen LogP) is 2.91. The van der Waals surface area contributed by atoms with Crippen molar-refractivity contribution in [2.45, 2.75) is 19.8 Å². The minimum Gasteiger partial charge on any atom is -0.380 e. The smallest absolute Gasteiger partial charge is 0.274 e. The summed E-state index contributed by atoms with van der Waals surface area (Å²) in [4.78, 5) is 18.0. The number of aromatic amines is 1. The van der Waals surface area contributed by atoms with Gasteiger partial charge in [0, 0.05) is 69.9 Å². The van der Waals surface area contributed by atoms with Crippen molar-refractivity contribution in [2.24, 2.45) is 12.4 Å². The fourth-order valence-corrected chi connectivity index (χ4v) is 5.24. The highest BCUT2D eigenvalue weighted by molar-refractivity contribution is 7.92. The fourth-order valence-electron chi connectivity index (χ4n) is 4.61. The highest BCUT2D eigenvalue weighted by Crippen LogP contribution is 2.43. The van der Waals surface area contributed by atoms with Crippen LogP contribution in [0.3, 0.4) is 0 Å². The van der Waals surface area contributed by atoms with Gasteiger partial charge in [-0.15, -0.1) is 0 Å². The maximum atomic E-state index is 12.9. The van der Waals surface area contributed by atoms with Gasteiger partial charge in [0.1, 0.15) is 5.52 Å². The molecule has 8 nitrogen and oxygen atoms in total. The standard InChI is InChI=1S/C23H28N4O4S/c1-3-32(29,30)25-16-4-5-20(27-10-7-23(8-11-27)14-31-15-23)18(12-16)19-13-26(2)22(28)21-17(19)6-9-24-21/h4-6,9,12-13,24-25H,3,7-8,10-11,14-15H2,1-2H3/i2D3. The number of aryl methyl sites for hydroxylation is 1. The largest absolute Gasteiger partial charge is 0.380 e. The van der Waals surface area contributed by atoms with E-state index in [0.717, 1.165) is 49.4 Å². The van der Waals surface area contributed by atoms with E-state index < -0.39 is 22.6 Å².